The van der Waals surface area contributed by atoms with Gasteiger partial charge in [0.05, 0.1) is 11.7 Å². The number of hydrogen-bond donors (Lipinski definition) is 1. The van der Waals surface area contributed by atoms with Crippen LogP contribution in [0.25, 0.3) is 0 Å². The van der Waals surface area contributed by atoms with Crippen molar-refractivity contribution in [3.8, 4) is 0 Å². The van der Waals surface area contributed by atoms with Crippen molar-refractivity contribution < 1.29 is 18.3 Å². The Hall–Kier alpha value is -1.30. The van der Waals surface area contributed by atoms with Crippen molar-refractivity contribution >= 4 is 5.82 Å². The number of aromatic nitrogens is 1. The van der Waals surface area contributed by atoms with Crippen molar-refractivity contribution in [2.24, 2.45) is 0 Å². The van der Waals surface area contributed by atoms with Crippen molar-refractivity contribution in [1.82, 2.24) is 4.98 Å². The molecule has 0 fully saturated rings. The number of aliphatic hydroxyl groups excluding tert-OH is 1. The maximum absolute atomic E-state index is 12.7. The molecule has 1 unspecified atom stereocenters. The average molecular weight is 248 g/mol. The first kappa shape index (κ1) is 13.8. The lowest BCUT2D eigenvalue weighted by molar-refractivity contribution is -0.137. The van der Waals surface area contributed by atoms with Gasteiger partial charge in [-0.05, 0) is 25.5 Å². The van der Waals surface area contributed by atoms with Crippen LogP contribution in [0.15, 0.2) is 18.3 Å². The summed E-state index contributed by atoms with van der Waals surface area (Å²) in [6, 6.07) is 2.26. The first-order valence-corrected chi connectivity index (χ1v) is 5.23. The first-order chi connectivity index (χ1) is 7.82. The molecular formula is C11H15F3N2O. The summed E-state index contributed by atoms with van der Waals surface area (Å²) in [5, 5.41) is 9.11. The summed E-state index contributed by atoms with van der Waals surface area (Å²) in [6.07, 6.45) is -3.24. The molecule has 17 heavy (non-hydrogen) atoms. The fourth-order valence-electron chi connectivity index (χ4n) is 1.41. The highest BCUT2D eigenvalue weighted by molar-refractivity contribution is 5.47. The molecule has 1 rings (SSSR count). The summed E-state index contributed by atoms with van der Waals surface area (Å²) in [5.74, 6) is -0.111. The van der Waals surface area contributed by atoms with E-state index >= 15 is 0 Å². The van der Waals surface area contributed by atoms with E-state index in [-0.39, 0.29) is 5.82 Å². The highest BCUT2D eigenvalue weighted by Crippen LogP contribution is 2.34. The van der Waals surface area contributed by atoms with Gasteiger partial charge in [-0.25, -0.2) is 4.98 Å². The molecule has 3 nitrogen and oxygen atoms in total. The number of pyridine rings is 1. The quantitative estimate of drug-likeness (QED) is 0.888. The molecule has 0 bridgehead atoms. The van der Waals surface area contributed by atoms with Crippen LogP contribution in [0.3, 0.4) is 0 Å². The van der Waals surface area contributed by atoms with E-state index < -0.39 is 17.8 Å². The standard InChI is InChI=1S/C11H15F3N2O/c1-8(17)5-7-16(2)10-9(11(12,13)14)4-3-6-15-10/h3-4,6,8,17H,5,7H2,1-2H3. The zero-order valence-electron chi connectivity index (χ0n) is 9.70. The Bertz CT molecular complexity index is 366. The number of nitrogens with zero attached hydrogens (tertiary/aromatic N) is 2. The van der Waals surface area contributed by atoms with Gasteiger partial charge in [-0.15, -0.1) is 0 Å². The van der Waals surface area contributed by atoms with E-state index in [1.165, 1.54) is 24.2 Å². The summed E-state index contributed by atoms with van der Waals surface area (Å²) in [5.41, 5.74) is -0.756. The van der Waals surface area contributed by atoms with Gasteiger partial charge in [-0.3, -0.25) is 0 Å². The molecule has 0 aromatic carbocycles. The molecule has 1 aromatic heterocycles. The second-order valence-corrected chi connectivity index (χ2v) is 3.93. The molecule has 0 aliphatic carbocycles. The third-order valence-corrected chi connectivity index (χ3v) is 2.34. The smallest absolute Gasteiger partial charge is 0.393 e. The topological polar surface area (TPSA) is 36.4 Å². The molecule has 6 heteroatoms. The molecule has 96 valence electrons. The van der Waals surface area contributed by atoms with E-state index in [4.69, 9.17) is 5.11 Å². The Balaban J connectivity index is 2.89. The second kappa shape index (κ2) is 5.35. The zero-order valence-corrected chi connectivity index (χ0v) is 9.70. The highest BCUT2D eigenvalue weighted by atomic mass is 19.4. The van der Waals surface area contributed by atoms with Crippen LogP contribution in [0.5, 0.6) is 0 Å². The van der Waals surface area contributed by atoms with E-state index in [0.717, 1.165) is 6.07 Å². The summed E-state index contributed by atoms with van der Waals surface area (Å²) in [4.78, 5) is 5.15. The molecule has 0 saturated carbocycles. The van der Waals surface area contributed by atoms with Crippen LogP contribution in [-0.2, 0) is 6.18 Å². The van der Waals surface area contributed by atoms with Gasteiger partial charge in [-0.2, -0.15) is 13.2 Å². The number of halogens is 3. The Morgan fingerprint density at radius 3 is 2.65 bits per heavy atom. The van der Waals surface area contributed by atoms with Crippen LogP contribution in [0.2, 0.25) is 0 Å². The Kier molecular flexibility index (Phi) is 4.34. The maximum Gasteiger partial charge on any atom is 0.419 e. The molecule has 0 amide bonds. The predicted molar refractivity (Wildman–Crippen MR) is 58.8 cm³/mol. The van der Waals surface area contributed by atoms with E-state index in [9.17, 15) is 13.2 Å². The molecule has 1 atom stereocenters. The van der Waals surface area contributed by atoms with Gasteiger partial charge in [0.25, 0.3) is 0 Å². The van der Waals surface area contributed by atoms with Gasteiger partial charge >= 0.3 is 6.18 Å². The number of rotatable bonds is 4. The Labute approximate surface area is 97.9 Å². The number of hydrogen-bond acceptors (Lipinski definition) is 3. The van der Waals surface area contributed by atoms with Gasteiger partial charge in [0.1, 0.15) is 5.82 Å². The third-order valence-electron chi connectivity index (χ3n) is 2.34. The van der Waals surface area contributed by atoms with Gasteiger partial charge in [-0.1, -0.05) is 0 Å². The summed E-state index contributed by atoms with van der Waals surface area (Å²) < 4.78 is 38.1. The molecular weight excluding hydrogens is 233 g/mol. The fraction of sp³-hybridized carbons (Fsp3) is 0.545. The van der Waals surface area contributed by atoms with Gasteiger partial charge < -0.3 is 10.0 Å². The monoisotopic (exact) mass is 248 g/mol. The SMILES string of the molecule is CC(O)CCN(C)c1ncccc1C(F)(F)F. The lowest BCUT2D eigenvalue weighted by atomic mass is 10.2. The third kappa shape index (κ3) is 3.89. The van der Waals surface area contributed by atoms with Gasteiger partial charge in [0.2, 0.25) is 0 Å². The van der Waals surface area contributed by atoms with E-state index in [0.29, 0.717) is 13.0 Å². The predicted octanol–water partition coefficient (Wildman–Crippen LogP) is 2.31. The summed E-state index contributed by atoms with van der Waals surface area (Å²) >= 11 is 0. The lowest BCUT2D eigenvalue weighted by Crippen LogP contribution is -2.25. The number of anilines is 1. The van der Waals surface area contributed by atoms with Crippen molar-refractivity contribution in [2.75, 3.05) is 18.5 Å². The van der Waals surface area contributed by atoms with Crippen LogP contribution in [-0.4, -0.2) is 29.8 Å². The fourth-order valence-corrected chi connectivity index (χ4v) is 1.41. The summed E-state index contributed by atoms with van der Waals surface area (Å²) in [7, 11) is 1.53. The minimum Gasteiger partial charge on any atom is -0.393 e. The number of alkyl halides is 3. The van der Waals surface area contributed by atoms with E-state index in [2.05, 4.69) is 4.98 Å². The normalized spacial score (nSPS) is 13.5. The molecule has 0 radical (unpaired) electrons. The van der Waals surface area contributed by atoms with Crippen molar-refractivity contribution in [3.63, 3.8) is 0 Å². The lowest BCUT2D eigenvalue weighted by Gasteiger charge is -2.22. The molecule has 1 N–H and O–H groups in total. The van der Waals surface area contributed by atoms with Gasteiger partial charge in [0, 0.05) is 19.8 Å². The highest BCUT2D eigenvalue weighted by Gasteiger charge is 2.34. The van der Waals surface area contributed by atoms with Crippen molar-refractivity contribution in [2.45, 2.75) is 25.6 Å². The largest absolute Gasteiger partial charge is 0.419 e. The van der Waals surface area contributed by atoms with Crippen LogP contribution >= 0.6 is 0 Å². The molecule has 0 spiro atoms. The van der Waals surface area contributed by atoms with Crippen LogP contribution < -0.4 is 4.90 Å². The van der Waals surface area contributed by atoms with E-state index in [1.807, 2.05) is 0 Å². The second-order valence-electron chi connectivity index (χ2n) is 3.93. The van der Waals surface area contributed by atoms with Crippen molar-refractivity contribution in [3.05, 3.63) is 23.9 Å². The van der Waals surface area contributed by atoms with E-state index in [1.54, 1.807) is 6.92 Å². The zero-order chi connectivity index (χ0) is 13.1. The minimum absolute atomic E-state index is 0.111. The number of aliphatic hydroxyl groups is 1. The van der Waals surface area contributed by atoms with Crippen LogP contribution in [0.4, 0.5) is 19.0 Å². The molecule has 0 saturated heterocycles. The first-order valence-electron chi connectivity index (χ1n) is 5.23. The van der Waals surface area contributed by atoms with Crippen molar-refractivity contribution in [1.29, 1.82) is 0 Å². The molecule has 1 aromatic rings. The van der Waals surface area contributed by atoms with Gasteiger partial charge in [0.15, 0.2) is 0 Å². The molecule has 1 heterocycles. The summed E-state index contributed by atoms with van der Waals surface area (Å²) in [6.45, 7) is 1.91. The van der Waals surface area contributed by atoms with Crippen LogP contribution in [0.1, 0.15) is 18.9 Å². The minimum atomic E-state index is -4.41. The Morgan fingerprint density at radius 1 is 1.47 bits per heavy atom. The molecule has 0 aliphatic rings. The maximum atomic E-state index is 12.7. The Morgan fingerprint density at radius 2 is 2.12 bits per heavy atom. The average Bonchev–Trinajstić information content (AvgIpc) is 2.24. The van der Waals surface area contributed by atoms with Crippen LogP contribution in [0, 0.1) is 0 Å². The molecule has 0 aliphatic heterocycles.